The summed E-state index contributed by atoms with van der Waals surface area (Å²) in [5, 5.41) is 12.3. The predicted molar refractivity (Wildman–Crippen MR) is 140 cm³/mol. The minimum atomic E-state index is -0.747. The van der Waals surface area contributed by atoms with E-state index in [1.807, 2.05) is 91.0 Å². The third kappa shape index (κ3) is 5.16. The molecular weight excluding hydrogens is 488 g/mol. The molecule has 2 unspecified atom stereocenters. The van der Waals surface area contributed by atoms with Crippen LogP contribution in [0.4, 0.5) is 0 Å². The first-order valence-corrected chi connectivity index (χ1v) is 13.0. The molecule has 0 radical (unpaired) electrons. The number of hydrogen-bond donors (Lipinski definition) is 2. The number of carbonyl (C=O) groups is 3. The van der Waals surface area contributed by atoms with E-state index >= 15 is 0 Å². The molecule has 5 rings (SSSR count). The molecule has 188 valence electrons. The van der Waals surface area contributed by atoms with Crippen LogP contribution >= 0.6 is 11.8 Å². The van der Waals surface area contributed by atoms with Crippen LogP contribution in [0.5, 0.6) is 0 Å². The first-order valence-electron chi connectivity index (χ1n) is 12.0. The number of hydrogen-bond acceptors (Lipinski definition) is 6. The van der Waals surface area contributed by atoms with Gasteiger partial charge in [-0.3, -0.25) is 14.5 Å². The normalized spacial score (nSPS) is 18.8. The van der Waals surface area contributed by atoms with E-state index in [1.54, 1.807) is 0 Å². The fourth-order valence-electron chi connectivity index (χ4n) is 4.55. The number of β-lactam (4-membered cyclic amide) rings is 1. The Kier molecular flexibility index (Phi) is 7.39. The zero-order chi connectivity index (χ0) is 25.8. The van der Waals surface area contributed by atoms with Gasteiger partial charge in [-0.2, -0.15) is 0 Å². The third-order valence-corrected chi connectivity index (χ3v) is 7.72. The number of nitrogens with one attached hydrogen (secondary N) is 1. The molecule has 0 bridgehead atoms. The van der Waals surface area contributed by atoms with Crippen molar-refractivity contribution >= 4 is 29.5 Å². The standard InChI is InChI=1S/C29H26N2O5S/c32-17-22-18-37-28-24(30-23(33)16-19-10-4-1-5-11-19)27(34)31(28)25(22)29(35)36-26(20-12-6-2-7-13-20)21-14-8-3-9-15-21/h1-15,24,26,28,32H,16-18H2,(H,30,33). The van der Waals surface area contributed by atoms with Crippen molar-refractivity contribution in [3.63, 3.8) is 0 Å². The maximum absolute atomic E-state index is 13.5. The van der Waals surface area contributed by atoms with Gasteiger partial charge in [0.15, 0.2) is 6.10 Å². The number of thioether (sulfide) groups is 1. The highest BCUT2D eigenvalue weighted by Gasteiger charge is 2.54. The molecule has 2 atom stereocenters. The summed E-state index contributed by atoms with van der Waals surface area (Å²) >= 11 is 1.40. The zero-order valence-corrected chi connectivity index (χ0v) is 20.8. The molecule has 3 aromatic carbocycles. The van der Waals surface area contributed by atoms with E-state index in [0.29, 0.717) is 11.3 Å². The summed E-state index contributed by atoms with van der Waals surface area (Å²) in [5.41, 5.74) is 2.90. The van der Waals surface area contributed by atoms with Gasteiger partial charge in [0.05, 0.1) is 13.0 Å². The van der Waals surface area contributed by atoms with Crippen molar-refractivity contribution in [1.82, 2.24) is 10.2 Å². The van der Waals surface area contributed by atoms with Crippen LogP contribution in [0.3, 0.4) is 0 Å². The maximum Gasteiger partial charge on any atom is 0.356 e. The number of amides is 2. The molecule has 0 aromatic heterocycles. The Morgan fingerprint density at radius 1 is 0.946 bits per heavy atom. The summed E-state index contributed by atoms with van der Waals surface area (Å²) < 4.78 is 5.99. The van der Waals surface area contributed by atoms with E-state index in [1.165, 1.54) is 16.7 Å². The molecule has 0 spiro atoms. The molecule has 1 fully saturated rings. The number of ether oxygens (including phenoxy) is 1. The van der Waals surface area contributed by atoms with Gasteiger partial charge in [-0.15, -0.1) is 11.8 Å². The van der Waals surface area contributed by atoms with Crippen molar-refractivity contribution in [2.75, 3.05) is 12.4 Å². The third-order valence-electron chi connectivity index (χ3n) is 6.38. The molecule has 8 heteroatoms. The molecule has 3 aromatic rings. The zero-order valence-electron chi connectivity index (χ0n) is 19.9. The van der Waals surface area contributed by atoms with Gasteiger partial charge in [0, 0.05) is 5.75 Å². The summed E-state index contributed by atoms with van der Waals surface area (Å²) in [7, 11) is 0. The molecule has 0 saturated carbocycles. The molecule has 2 amide bonds. The Hall–Kier alpha value is -3.88. The van der Waals surface area contributed by atoms with Crippen molar-refractivity contribution in [3.8, 4) is 0 Å². The fraction of sp³-hybridized carbons (Fsp3) is 0.207. The molecule has 2 aliphatic heterocycles. The Morgan fingerprint density at radius 3 is 2.08 bits per heavy atom. The topological polar surface area (TPSA) is 95.9 Å². The second-order valence-electron chi connectivity index (χ2n) is 8.83. The molecule has 7 nitrogen and oxygen atoms in total. The molecule has 0 aliphatic carbocycles. The highest BCUT2D eigenvalue weighted by Crippen LogP contribution is 2.41. The number of nitrogens with zero attached hydrogens (tertiary/aromatic N) is 1. The monoisotopic (exact) mass is 514 g/mol. The van der Waals surface area contributed by atoms with E-state index in [9.17, 15) is 19.5 Å². The smallest absolute Gasteiger partial charge is 0.356 e. The number of aliphatic hydroxyl groups is 1. The van der Waals surface area contributed by atoms with Gasteiger partial charge in [0.25, 0.3) is 5.91 Å². The van der Waals surface area contributed by atoms with Gasteiger partial charge in [-0.05, 0) is 22.3 Å². The minimum Gasteiger partial charge on any atom is -0.448 e. The largest absolute Gasteiger partial charge is 0.448 e. The molecular formula is C29H26N2O5S. The Balaban J connectivity index is 1.35. The van der Waals surface area contributed by atoms with Gasteiger partial charge in [-0.1, -0.05) is 91.0 Å². The van der Waals surface area contributed by atoms with Gasteiger partial charge in [0.1, 0.15) is 17.1 Å². The number of rotatable bonds is 8. The lowest BCUT2D eigenvalue weighted by atomic mass is 10.0. The van der Waals surface area contributed by atoms with Gasteiger partial charge in [-0.25, -0.2) is 4.79 Å². The summed E-state index contributed by atoms with van der Waals surface area (Å²) in [5.74, 6) is -0.997. The summed E-state index contributed by atoms with van der Waals surface area (Å²) in [4.78, 5) is 40.7. The first-order chi connectivity index (χ1) is 18.1. The lowest BCUT2D eigenvalue weighted by Gasteiger charge is -2.49. The molecule has 37 heavy (non-hydrogen) atoms. The first kappa shape index (κ1) is 24.8. The number of esters is 1. The van der Waals surface area contributed by atoms with Crippen molar-refractivity contribution in [3.05, 3.63) is 119 Å². The van der Waals surface area contributed by atoms with E-state index < -0.39 is 29.4 Å². The van der Waals surface area contributed by atoms with E-state index in [2.05, 4.69) is 5.32 Å². The second-order valence-corrected chi connectivity index (χ2v) is 9.94. The quantitative estimate of drug-likeness (QED) is 0.354. The Labute approximate surface area is 219 Å². The van der Waals surface area contributed by atoms with Crippen molar-refractivity contribution < 1.29 is 24.2 Å². The Morgan fingerprint density at radius 2 is 1.51 bits per heavy atom. The fourth-order valence-corrected chi connectivity index (χ4v) is 5.88. The van der Waals surface area contributed by atoms with Crippen LogP contribution in [-0.2, 0) is 25.5 Å². The molecule has 2 heterocycles. The van der Waals surface area contributed by atoms with Gasteiger partial charge >= 0.3 is 5.97 Å². The summed E-state index contributed by atoms with van der Waals surface area (Å²) in [6.07, 6.45) is -0.530. The van der Waals surface area contributed by atoms with Gasteiger partial charge in [0.2, 0.25) is 5.91 Å². The van der Waals surface area contributed by atoms with Crippen LogP contribution in [0, 0.1) is 0 Å². The lowest BCUT2D eigenvalue weighted by Crippen LogP contribution is -2.70. The summed E-state index contributed by atoms with van der Waals surface area (Å²) in [6.45, 7) is -0.375. The average molecular weight is 515 g/mol. The number of fused-ring (bicyclic) bond motifs is 1. The Bertz CT molecular complexity index is 1270. The SMILES string of the molecule is O=C(Cc1ccccc1)NC1C(=O)N2C(C(=O)OC(c3ccccc3)c3ccccc3)=C(CO)CSC12. The maximum atomic E-state index is 13.5. The van der Waals surface area contributed by atoms with Crippen molar-refractivity contribution in [1.29, 1.82) is 0 Å². The lowest BCUT2D eigenvalue weighted by molar-refractivity contribution is -0.154. The van der Waals surface area contributed by atoms with Crippen molar-refractivity contribution in [2.24, 2.45) is 0 Å². The highest BCUT2D eigenvalue weighted by molar-refractivity contribution is 8.00. The van der Waals surface area contributed by atoms with Crippen LogP contribution < -0.4 is 5.32 Å². The average Bonchev–Trinajstić information content (AvgIpc) is 2.95. The van der Waals surface area contributed by atoms with E-state index in [4.69, 9.17) is 4.74 Å². The number of aliphatic hydroxyl groups excluding tert-OH is 1. The van der Waals surface area contributed by atoms with E-state index in [-0.39, 0.29) is 24.6 Å². The number of benzene rings is 3. The number of carbonyl (C=O) groups excluding carboxylic acids is 3. The van der Waals surface area contributed by atoms with Crippen LogP contribution in [0.2, 0.25) is 0 Å². The molecule has 1 saturated heterocycles. The minimum absolute atomic E-state index is 0.0571. The van der Waals surface area contributed by atoms with Crippen LogP contribution in [0.15, 0.2) is 102 Å². The predicted octanol–water partition coefficient (Wildman–Crippen LogP) is 3.21. The van der Waals surface area contributed by atoms with Crippen LogP contribution in [0.1, 0.15) is 22.8 Å². The summed E-state index contributed by atoms with van der Waals surface area (Å²) in [6, 6.07) is 27.3. The van der Waals surface area contributed by atoms with Crippen LogP contribution in [0.25, 0.3) is 0 Å². The van der Waals surface area contributed by atoms with Crippen LogP contribution in [-0.4, -0.2) is 51.6 Å². The molecule has 2 N–H and O–H groups in total. The molecule has 2 aliphatic rings. The van der Waals surface area contributed by atoms with E-state index in [0.717, 1.165) is 16.7 Å². The highest BCUT2D eigenvalue weighted by atomic mass is 32.2. The second kappa shape index (κ2) is 11.0. The van der Waals surface area contributed by atoms with Crippen molar-refractivity contribution in [2.45, 2.75) is 23.9 Å². The van der Waals surface area contributed by atoms with Gasteiger partial charge < -0.3 is 15.2 Å².